The number of hydrogen-bond donors (Lipinski definition) is 1. The molecule has 0 aliphatic carbocycles. The van der Waals surface area contributed by atoms with Gasteiger partial charge in [0.1, 0.15) is 0 Å². The molecule has 0 bridgehead atoms. The maximum Gasteiger partial charge on any atom is 0.0133 e. The van der Waals surface area contributed by atoms with Crippen LogP contribution in [0.5, 0.6) is 0 Å². The lowest BCUT2D eigenvalue weighted by molar-refractivity contribution is 0.118. The van der Waals surface area contributed by atoms with Crippen LogP contribution in [0.15, 0.2) is 0 Å². The predicted octanol–water partition coefficient (Wildman–Crippen LogP) is 1.49. The summed E-state index contributed by atoms with van der Waals surface area (Å²) in [5, 5.41) is 2.30. The van der Waals surface area contributed by atoms with Gasteiger partial charge >= 0.3 is 0 Å². The summed E-state index contributed by atoms with van der Waals surface area (Å²) in [6.07, 6.45) is 2.72. The molecule has 1 heterocycles. The van der Waals surface area contributed by atoms with Crippen LogP contribution in [0.25, 0.3) is 0 Å². The zero-order valence-electron chi connectivity index (χ0n) is 7.93. The molecule has 2 heteroatoms. The van der Waals surface area contributed by atoms with Crippen molar-refractivity contribution in [2.75, 3.05) is 20.1 Å². The van der Waals surface area contributed by atoms with Crippen LogP contribution in [0.2, 0.25) is 0 Å². The first-order chi connectivity index (χ1) is 5.24. The smallest absolute Gasteiger partial charge is 0.0133 e. The molecular weight excluding hydrogens is 136 g/mol. The largest absolute Gasteiger partial charge is 0.258 e. The Labute approximate surface area is 69.9 Å². The molecule has 0 aromatic rings. The zero-order valence-corrected chi connectivity index (χ0v) is 7.93. The average molecular weight is 156 g/mol. The molecule has 11 heavy (non-hydrogen) atoms. The van der Waals surface area contributed by atoms with Crippen molar-refractivity contribution in [3.63, 3.8) is 0 Å². The van der Waals surface area contributed by atoms with Gasteiger partial charge in [0.05, 0.1) is 0 Å². The fourth-order valence-corrected chi connectivity index (χ4v) is 1.79. The Bertz CT molecular complexity index is 104. The SMILES string of the molecule is CNN1CCC(C(C)C)CC1. The highest BCUT2D eigenvalue weighted by atomic mass is 15.5. The first-order valence-electron chi connectivity index (χ1n) is 4.66. The summed E-state index contributed by atoms with van der Waals surface area (Å²) in [7, 11) is 2.01. The van der Waals surface area contributed by atoms with Gasteiger partial charge in [-0.25, -0.2) is 5.01 Å². The zero-order chi connectivity index (χ0) is 8.27. The first-order valence-corrected chi connectivity index (χ1v) is 4.66. The molecular formula is C9H20N2. The van der Waals surface area contributed by atoms with Crippen molar-refractivity contribution in [2.45, 2.75) is 26.7 Å². The van der Waals surface area contributed by atoms with Gasteiger partial charge in [-0.15, -0.1) is 0 Å². The van der Waals surface area contributed by atoms with Crippen LogP contribution in [0, 0.1) is 11.8 Å². The fraction of sp³-hybridized carbons (Fsp3) is 1.00. The molecule has 66 valence electrons. The van der Waals surface area contributed by atoms with Crippen molar-refractivity contribution in [1.29, 1.82) is 0 Å². The van der Waals surface area contributed by atoms with E-state index in [2.05, 4.69) is 24.3 Å². The van der Waals surface area contributed by atoms with Crippen molar-refractivity contribution in [3.05, 3.63) is 0 Å². The Kier molecular flexibility index (Phi) is 3.34. The number of hydrazine groups is 1. The van der Waals surface area contributed by atoms with E-state index in [-0.39, 0.29) is 0 Å². The average Bonchev–Trinajstić information content (AvgIpc) is 2.05. The minimum Gasteiger partial charge on any atom is -0.258 e. The van der Waals surface area contributed by atoms with E-state index in [9.17, 15) is 0 Å². The van der Waals surface area contributed by atoms with Crippen LogP contribution in [0.4, 0.5) is 0 Å². The molecule has 0 saturated carbocycles. The Morgan fingerprint density at radius 2 is 1.82 bits per heavy atom. The van der Waals surface area contributed by atoms with Crippen LogP contribution in [-0.4, -0.2) is 25.1 Å². The van der Waals surface area contributed by atoms with Gasteiger partial charge in [-0.1, -0.05) is 13.8 Å². The van der Waals surface area contributed by atoms with Gasteiger partial charge in [0.15, 0.2) is 0 Å². The molecule has 0 aromatic carbocycles. The van der Waals surface area contributed by atoms with Gasteiger partial charge in [0, 0.05) is 13.1 Å². The summed E-state index contributed by atoms with van der Waals surface area (Å²) in [6, 6.07) is 0. The normalized spacial score (nSPS) is 22.9. The van der Waals surface area contributed by atoms with Crippen molar-refractivity contribution < 1.29 is 0 Å². The summed E-state index contributed by atoms with van der Waals surface area (Å²) >= 11 is 0. The van der Waals surface area contributed by atoms with Crippen LogP contribution in [-0.2, 0) is 0 Å². The van der Waals surface area contributed by atoms with Gasteiger partial charge in [-0.05, 0) is 31.7 Å². The number of hydrogen-bond acceptors (Lipinski definition) is 2. The monoisotopic (exact) mass is 156 g/mol. The summed E-state index contributed by atoms with van der Waals surface area (Å²) in [4.78, 5) is 0. The first kappa shape index (κ1) is 9.01. The lowest BCUT2D eigenvalue weighted by atomic mass is 9.87. The quantitative estimate of drug-likeness (QED) is 0.651. The van der Waals surface area contributed by atoms with Crippen LogP contribution >= 0.6 is 0 Å². The molecule has 0 unspecified atom stereocenters. The number of nitrogens with one attached hydrogen (secondary N) is 1. The second kappa shape index (κ2) is 4.07. The number of nitrogens with zero attached hydrogens (tertiary/aromatic N) is 1. The molecule has 0 spiro atoms. The highest BCUT2D eigenvalue weighted by Gasteiger charge is 2.20. The topological polar surface area (TPSA) is 15.3 Å². The highest BCUT2D eigenvalue weighted by molar-refractivity contribution is 4.71. The molecule has 0 atom stereocenters. The summed E-state index contributed by atoms with van der Waals surface area (Å²) in [6.45, 7) is 7.11. The Morgan fingerprint density at radius 3 is 2.18 bits per heavy atom. The minimum absolute atomic E-state index is 0.869. The van der Waals surface area contributed by atoms with E-state index in [0.29, 0.717) is 0 Å². The van der Waals surface area contributed by atoms with E-state index in [0.717, 1.165) is 11.8 Å². The standard InChI is InChI=1S/C9H20N2/c1-8(2)9-4-6-11(10-3)7-5-9/h8-10H,4-7H2,1-3H3. The third-order valence-electron chi connectivity index (χ3n) is 2.80. The van der Waals surface area contributed by atoms with E-state index in [1.807, 2.05) is 7.05 Å². The molecule has 1 aliphatic heterocycles. The molecule has 1 saturated heterocycles. The summed E-state index contributed by atoms with van der Waals surface area (Å²) in [5.74, 6) is 1.83. The molecule has 1 aliphatic rings. The van der Waals surface area contributed by atoms with E-state index >= 15 is 0 Å². The van der Waals surface area contributed by atoms with E-state index < -0.39 is 0 Å². The van der Waals surface area contributed by atoms with Gasteiger partial charge in [0.2, 0.25) is 0 Å². The molecule has 0 aromatic heterocycles. The third kappa shape index (κ3) is 2.46. The van der Waals surface area contributed by atoms with Crippen molar-refractivity contribution in [1.82, 2.24) is 10.4 Å². The van der Waals surface area contributed by atoms with E-state index in [1.54, 1.807) is 0 Å². The number of piperidine rings is 1. The van der Waals surface area contributed by atoms with Crippen LogP contribution < -0.4 is 5.43 Å². The second-order valence-electron chi connectivity index (χ2n) is 3.79. The van der Waals surface area contributed by atoms with Gasteiger partial charge in [-0.2, -0.15) is 0 Å². The lowest BCUT2D eigenvalue weighted by Gasteiger charge is -2.33. The van der Waals surface area contributed by atoms with Gasteiger partial charge < -0.3 is 0 Å². The van der Waals surface area contributed by atoms with E-state index in [4.69, 9.17) is 0 Å². The van der Waals surface area contributed by atoms with Crippen LogP contribution in [0.3, 0.4) is 0 Å². The van der Waals surface area contributed by atoms with Gasteiger partial charge in [-0.3, -0.25) is 5.43 Å². The Balaban J connectivity index is 2.24. The maximum absolute atomic E-state index is 3.20. The van der Waals surface area contributed by atoms with Crippen LogP contribution in [0.1, 0.15) is 26.7 Å². The second-order valence-corrected chi connectivity index (χ2v) is 3.79. The fourth-order valence-electron chi connectivity index (χ4n) is 1.79. The Hall–Kier alpha value is -0.0800. The third-order valence-corrected chi connectivity index (χ3v) is 2.80. The molecule has 0 amide bonds. The lowest BCUT2D eigenvalue weighted by Crippen LogP contribution is -2.42. The van der Waals surface area contributed by atoms with Crippen molar-refractivity contribution >= 4 is 0 Å². The highest BCUT2D eigenvalue weighted by Crippen LogP contribution is 2.23. The minimum atomic E-state index is 0.869. The molecule has 0 radical (unpaired) electrons. The van der Waals surface area contributed by atoms with Gasteiger partial charge in [0.25, 0.3) is 0 Å². The summed E-state index contributed by atoms with van der Waals surface area (Å²) < 4.78 is 0. The predicted molar refractivity (Wildman–Crippen MR) is 48.2 cm³/mol. The Morgan fingerprint density at radius 1 is 1.27 bits per heavy atom. The number of rotatable bonds is 2. The molecule has 1 rings (SSSR count). The maximum atomic E-state index is 3.20. The van der Waals surface area contributed by atoms with E-state index in [1.165, 1.54) is 25.9 Å². The molecule has 2 nitrogen and oxygen atoms in total. The summed E-state index contributed by atoms with van der Waals surface area (Å²) in [5.41, 5.74) is 3.20. The van der Waals surface area contributed by atoms with Crippen molar-refractivity contribution in [3.8, 4) is 0 Å². The van der Waals surface area contributed by atoms with Crippen molar-refractivity contribution in [2.24, 2.45) is 11.8 Å². The molecule has 1 fully saturated rings. The molecule has 1 N–H and O–H groups in total.